The van der Waals surface area contributed by atoms with Gasteiger partial charge in [0.15, 0.2) is 11.6 Å². The van der Waals surface area contributed by atoms with Gasteiger partial charge in [-0.3, -0.25) is 0 Å². The van der Waals surface area contributed by atoms with Gasteiger partial charge in [0, 0.05) is 25.0 Å². The van der Waals surface area contributed by atoms with Gasteiger partial charge in [-0.25, -0.2) is 9.97 Å². The van der Waals surface area contributed by atoms with Gasteiger partial charge in [0.1, 0.15) is 12.0 Å². The molecule has 5 heteroatoms. The van der Waals surface area contributed by atoms with E-state index < -0.39 is 0 Å². The van der Waals surface area contributed by atoms with Crippen molar-refractivity contribution in [2.24, 2.45) is 0 Å². The molecule has 0 amide bonds. The monoisotopic (exact) mass is 361 g/mol. The fourth-order valence-corrected chi connectivity index (χ4v) is 4.00. The van der Waals surface area contributed by atoms with Crippen LogP contribution in [0.4, 0.5) is 23.0 Å². The second-order valence-corrected chi connectivity index (χ2v) is 7.08. The largest absolute Gasteiger partial charge is 0.393 e. The Labute approximate surface area is 160 Å². The highest BCUT2D eigenvalue weighted by molar-refractivity contribution is 5.97. The van der Waals surface area contributed by atoms with Crippen molar-refractivity contribution in [2.75, 3.05) is 35.2 Å². The van der Waals surface area contributed by atoms with Gasteiger partial charge in [-0.05, 0) is 31.2 Å². The number of benzene rings is 2. The van der Waals surface area contributed by atoms with Crippen molar-refractivity contribution in [3.63, 3.8) is 0 Å². The average Bonchev–Trinajstić information content (AvgIpc) is 2.99. The molecule has 0 bridgehead atoms. The van der Waals surface area contributed by atoms with Crippen LogP contribution in [0.2, 0.25) is 0 Å². The van der Waals surface area contributed by atoms with Crippen LogP contribution in [0.3, 0.4) is 0 Å². The molecule has 0 atom stereocenters. The summed E-state index contributed by atoms with van der Waals surface area (Å²) >= 11 is 0. The molecule has 1 aliphatic heterocycles. The van der Waals surface area contributed by atoms with Crippen molar-refractivity contribution in [3.05, 3.63) is 48.8 Å². The molecule has 4 rings (SSSR count). The van der Waals surface area contributed by atoms with Crippen molar-refractivity contribution < 1.29 is 0 Å². The Morgan fingerprint density at radius 1 is 0.963 bits per heavy atom. The second kappa shape index (κ2) is 7.82. The fourth-order valence-electron chi connectivity index (χ4n) is 4.00. The first-order chi connectivity index (χ1) is 13.3. The van der Waals surface area contributed by atoms with Gasteiger partial charge in [-0.1, -0.05) is 49.2 Å². The Balaban J connectivity index is 1.77. The lowest BCUT2D eigenvalue weighted by atomic mass is 10.1. The van der Waals surface area contributed by atoms with Gasteiger partial charge >= 0.3 is 0 Å². The lowest BCUT2D eigenvalue weighted by Crippen LogP contribution is -2.27. The number of hydrogen-bond donors (Lipinski definition) is 1. The zero-order chi connectivity index (χ0) is 18.6. The second-order valence-electron chi connectivity index (χ2n) is 7.08. The van der Waals surface area contributed by atoms with E-state index in [0.29, 0.717) is 5.69 Å². The van der Waals surface area contributed by atoms with Crippen molar-refractivity contribution >= 4 is 33.8 Å². The molecular weight excluding hydrogens is 334 g/mol. The standard InChI is InChI=1S/C22H27N5/c1-2-27(19-13-9-11-17-10-5-6-12-18(17)19)22-20(23)21(24-16-25-22)26-14-7-3-4-8-15-26/h5-6,9-13,16H,2-4,7-8,14-15,23H2,1H3. The van der Waals surface area contributed by atoms with E-state index in [1.165, 1.54) is 36.5 Å². The Bertz CT molecular complexity index is 910. The first-order valence-electron chi connectivity index (χ1n) is 9.90. The minimum absolute atomic E-state index is 0.675. The molecule has 0 radical (unpaired) electrons. The van der Waals surface area contributed by atoms with Gasteiger partial charge in [-0.15, -0.1) is 0 Å². The maximum atomic E-state index is 6.61. The Kier molecular flexibility index (Phi) is 5.10. The highest BCUT2D eigenvalue weighted by Gasteiger charge is 2.21. The first-order valence-corrected chi connectivity index (χ1v) is 9.90. The van der Waals surface area contributed by atoms with Crippen LogP contribution in [0.25, 0.3) is 10.8 Å². The third kappa shape index (κ3) is 3.42. The number of nitrogens with zero attached hydrogens (tertiary/aromatic N) is 4. The highest BCUT2D eigenvalue weighted by atomic mass is 15.3. The van der Waals surface area contributed by atoms with E-state index in [9.17, 15) is 0 Å². The van der Waals surface area contributed by atoms with E-state index in [1.54, 1.807) is 6.33 Å². The highest BCUT2D eigenvalue weighted by Crippen LogP contribution is 2.37. The van der Waals surface area contributed by atoms with E-state index in [-0.39, 0.29) is 0 Å². The van der Waals surface area contributed by atoms with E-state index in [4.69, 9.17) is 5.73 Å². The van der Waals surface area contributed by atoms with E-state index >= 15 is 0 Å². The summed E-state index contributed by atoms with van der Waals surface area (Å²) in [6, 6.07) is 14.8. The average molecular weight is 361 g/mol. The molecule has 3 aromatic rings. The topological polar surface area (TPSA) is 58.3 Å². The van der Waals surface area contributed by atoms with E-state index in [2.05, 4.69) is 69.2 Å². The van der Waals surface area contributed by atoms with Gasteiger partial charge in [0.2, 0.25) is 0 Å². The summed E-state index contributed by atoms with van der Waals surface area (Å²) in [5.74, 6) is 1.67. The molecule has 2 heterocycles. The van der Waals surface area contributed by atoms with Crippen LogP contribution < -0.4 is 15.5 Å². The molecule has 0 saturated carbocycles. The molecule has 2 aromatic carbocycles. The third-order valence-electron chi connectivity index (χ3n) is 5.38. The summed E-state index contributed by atoms with van der Waals surface area (Å²) in [4.78, 5) is 13.6. The van der Waals surface area contributed by atoms with Crippen molar-refractivity contribution in [1.29, 1.82) is 0 Å². The molecule has 5 nitrogen and oxygen atoms in total. The van der Waals surface area contributed by atoms with Crippen molar-refractivity contribution in [1.82, 2.24) is 9.97 Å². The van der Waals surface area contributed by atoms with Gasteiger partial charge in [0.05, 0.1) is 5.69 Å². The molecule has 2 N–H and O–H groups in total. The molecule has 1 aliphatic rings. The molecule has 140 valence electrons. The number of anilines is 4. The molecule has 27 heavy (non-hydrogen) atoms. The smallest absolute Gasteiger partial charge is 0.161 e. The third-order valence-corrected chi connectivity index (χ3v) is 5.38. The Hall–Kier alpha value is -2.82. The molecule has 1 saturated heterocycles. The fraction of sp³-hybridized carbons (Fsp3) is 0.364. The van der Waals surface area contributed by atoms with Crippen LogP contribution in [0, 0.1) is 0 Å². The van der Waals surface area contributed by atoms with Gasteiger partial charge < -0.3 is 15.5 Å². The summed E-state index contributed by atoms with van der Waals surface area (Å²) < 4.78 is 0. The lowest BCUT2D eigenvalue weighted by molar-refractivity contribution is 0.726. The normalized spacial score (nSPS) is 14.9. The number of fused-ring (bicyclic) bond motifs is 1. The number of rotatable bonds is 4. The van der Waals surface area contributed by atoms with Crippen LogP contribution in [-0.2, 0) is 0 Å². The van der Waals surface area contributed by atoms with Gasteiger partial charge in [0.25, 0.3) is 0 Å². The maximum Gasteiger partial charge on any atom is 0.161 e. The number of hydrogen-bond acceptors (Lipinski definition) is 5. The summed E-state index contributed by atoms with van der Waals surface area (Å²) in [6.07, 6.45) is 6.61. The molecule has 0 aliphatic carbocycles. The summed E-state index contributed by atoms with van der Waals surface area (Å²) in [5, 5.41) is 2.42. The number of nitrogens with two attached hydrogens (primary N) is 1. The SMILES string of the molecule is CCN(c1ncnc(N2CCCCCC2)c1N)c1cccc2ccccc12. The number of aromatic nitrogens is 2. The zero-order valence-electron chi connectivity index (χ0n) is 15.9. The molecule has 0 unspecified atom stereocenters. The van der Waals surface area contributed by atoms with Crippen molar-refractivity contribution in [3.8, 4) is 0 Å². The quantitative estimate of drug-likeness (QED) is 0.727. The van der Waals surface area contributed by atoms with Crippen LogP contribution in [0.5, 0.6) is 0 Å². The predicted molar refractivity (Wildman–Crippen MR) is 114 cm³/mol. The predicted octanol–water partition coefficient (Wildman–Crippen LogP) is 4.75. The number of nitrogen functional groups attached to an aromatic ring is 1. The molecule has 0 spiro atoms. The summed E-state index contributed by atoms with van der Waals surface area (Å²) in [5.41, 5.74) is 8.42. The maximum absolute atomic E-state index is 6.61. The molecule has 1 aromatic heterocycles. The van der Waals surface area contributed by atoms with Crippen molar-refractivity contribution in [2.45, 2.75) is 32.6 Å². The van der Waals surface area contributed by atoms with Crippen LogP contribution >= 0.6 is 0 Å². The van der Waals surface area contributed by atoms with Crippen LogP contribution in [0.15, 0.2) is 48.8 Å². The lowest BCUT2D eigenvalue weighted by Gasteiger charge is -2.28. The molecular formula is C22H27N5. The van der Waals surface area contributed by atoms with Gasteiger partial charge in [-0.2, -0.15) is 0 Å². The van der Waals surface area contributed by atoms with Crippen LogP contribution in [-0.4, -0.2) is 29.6 Å². The summed E-state index contributed by atoms with van der Waals surface area (Å²) in [7, 11) is 0. The molecule has 1 fully saturated rings. The Morgan fingerprint density at radius 2 is 1.70 bits per heavy atom. The van der Waals surface area contributed by atoms with E-state index in [1.807, 2.05) is 0 Å². The summed E-state index contributed by atoms with van der Waals surface area (Å²) in [6.45, 7) is 4.95. The van der Waals surface area contributed by atoms with E-state index in [0.717, 1.165) is 37.0 Å². The zero-order valence-corrected chi connectivity index (χ0v) is 15.9. The Morgan fingerprint density at radius 3 is 2.48 bits per heavy atom. The van der Waals surface area contributed by atoms with Crippen LogP contribution in [0.1, 0.15) is 32.6 Å². The first kappa shape index (κ1) is 17.6. The minimum atomic E-state index is 0.675. The minimum Gasteiger partial charge on any atom is -0.393 e.